The number of fused-ring (bicyclic) bond motifs is 5. The fourth-order valence-corrected chi connectivity index (χ4v) is 5.78. The van der Waals surface area contributed by atoms with Crippen molar-refractivity contribution in [2.24, 2.45) is 0 Å². The lowest BCUT2D eigenvalue weighted by Gasteiger charge is -2.11. The number of nitrogens with one attached hydrogen (secondary N) is 1. The third kappa shape index (κ3) is 3.41. The highest BCUT2D eigenvalue weighted by molar-refractivity contribution is 7.19. The fraction of sp³-hybridized carbons (Fsp3) is 0.208. The lowest BCUT2D eigenvalue weighted by atomic mass is 9.97. The summed E-state index contributed by atoms with van der Waals surface area (Å²) >= 11 is 1.60. The molecule has 0 spiro atoms. The SMILES string of the molecule is O=C(Cn1c(=O)n2nc(-c3cccnc3)nc2c2c3c(sc21)CCCC3)Nc1ccccc1. The van der Waals surface area contributed by atoms with Gasteiger partial charge in [0.15, 0.2) is 11.5 Å². The van der Waals surface area contributed by atoms with Crippen LogP contribution in [0.3, 0.4) is 0 Å². The number of hydrogen-bond donors (Lipinski definition) is 1. The lowest BCUT2D eigenvalue weighted by molar-refractivity contribution is -0.116. The summed E-state index contributed by atoms with van der Waals surface area (Å²) in [6, 6.07) is 12.9. The Morgan fingerprint density at radius 1 is 1.09 bits per heavy atom. The molecular formula is C24H20N6O2S. The Balaban J connectivity index is 1.53. The molecule has 1 N–H and O–H groups in total. The molecule has 6 rings (SSSR count). The number of anilines is 1. The Hall–Kier alpha value is -3.85. The van der Waals surface area contributed by atoms with Crippen LogP contribution in [0.5, 0.6) is 0 Å². The van der Waals surface area contributed by atoms with Gasteiger partial charge in [-0.05, 0) is 55.5 Å². The van der Waals surface area contributed by atoms with E-state index in [0.29, 0.717) is 17.2 Å². The fourth-order valence-electron chi connectivity index (χ4n) is 4.40. The molecular weight excluding hydrogens is 436 g/mol. The Labute approximate surface area is 192 Å². The third-order valence-electron chi connectivity index (χ3n) is 5.92. The summed E-state index contributed by atoms with van der Waals surface area (Å²) in [5.74, 6) is 0.187. The molecule has 4 aromatic heterocycles. The number of hydrogen-bond acceptors (Lipinski definition) is 6. The van der Waals surface area contributed by atoms with Crippen molar-refractivity contribution in [3.05, 3.63) is 75.8 Å². The van der Waals surface area contributed by atoms with Crippen molar-refractivity contribution >= 4 is 38.8 Å². The summed E-state index contributed by atoms with van der Waals surface area (Å²) < 4.78 is 2.87. The maximum absolute atomic E-state index is 13.5. The minimum Gasteiger partial charge on any atom is -0.325 e. The van der Waals surface area contributed by atoms with Gasteiger partial charge in [0.2, 0.25) is 5.91 Å². The normalized spacial score (nSPS) is 13.3. The van der Waals surface area contributed by atoms with E-state index in [0.717, 1.165) is 41.5 Å². The predicted octanol–water partition coefficient (Wildman–Crippen LogP) is 3.69. The zero-order valence-corrected chi connectivity index (χ0v) is 18.5. The quantitative estimate of drug-likeness (QED) is 0.445. The number of carbonyl (C=O) groups excluding carboxylic acids is 1. The molecule has 9 heteroatoms. The van der Waals surface area contributed by atoms with Crippen LogP contribution in [0.2, 0.25) is 0 Å². The van der Waals surface area contributed by atoms with Crippen LogP contribution in [0.25, 0.3) is 27.3 Å². The molecule has 1 aromatic carbocycles. The van der Waals surface area contributed by atoms with Crippen LogP contribution in [0.1, 0.15) is 23.3 Å². The second-order valence-corrected chi connectivity index (χ2v) is 9.17. The molecule has 0 fully saturated rings. The van der Waals surface area contributed by atoms with Crippen LogP contribution in [0.4, 0.5) is 5.69 Å². The number of nitrogens with zero attached hydrogens (tertiary/aromatic N) is 5. The van der Waals surface area contributed by atoms with Crippen molar-refractivity contribution in [2.75, 3.05) is 5.32 Å². The van der Waals surface area contributed by atoms with Crippen LogP contribution in [0.15, 0.2) is 59.7 Å². The maximum Gasteiger partial charge on any atom is 0.352 e. The standard InChI is InChI=1S/C24H20N6O2S/c31-19(26-16-8-2-1-3-9-16)14-29-23-20(17-10-4-5-11-18(17)33-23)22-27-21(28-30(22)24(29)32)15-7-6-12-25-13-15/h1-3,6-9,12-13H,4-5,10-11,14H2,(H,26,31). The van der Waals surface area contributed by atoms with Crippen LogP contribution in [-0.4, -0.2) is 30.1 Å². The number of aryl methyl sites for hydroxylation is 2. The van der Waals surface area contributed by atoms with Crippen molar-refractivity contribution in [1.29, 1.82) is 0 Å². The highest BCUT2D eigenvalue weighted by atomic mass is 32.1. The molecule has 0 atom stereocenters. The number of para-hydroxylation sites is 1. The zero-order valence-electron chi connectivity index (χ0n) is 17.7. The van der Waals surface area contributed by atoms with Crippen LogP contribution >= 0.6 is 11.3 Å². The summed E-state index contributed by atoms with van der Waals surface area (Å²) in [5.41, 5.74) is 2.84. The van der Waals surface area contributed by atoms with Gasteiger partial charge in [0.05, 0.1) is 5.39 Å². The Kier molecular flexibility index (Phi) is 4.76. The van der Waals surface area contributed by atoms with Crippen molar-refractivity contribution in [2.45, 2.75) is 32.2 Å². The topological polar surface area (TPSA) is 94.2 Å². The van der Waals surface area contributed by atoms with Crippen molar-refractivity contribution < 1.29 is 4.79 Å². The molecule has 0 bridgehead atoms. The molecule has 0 aliphatic heterocycles. The van der Waals surface area contributed by atoms with Gasteiger partial charge in [-0.2, -0.15) is 4.52 Å². The van der Waals surface area contributed by atoms with E-state index in [4.69, 9.17) is 4.98 Å². The van der Waals surface area contributed by atoms with Crippen molar-refractivity contribution in [3.8, 4) is 11.4 Å². The van der Waals surface area contributed by atoms with E-state index < -0.39 is 0 Å². The number of thiophene rings is 1. The van der Waals surface area contributed by atoms with E-state index >= 15 is 0 Å². The van der Waals surface area contributed by atoms with E-state index in [-0.39, 0.29) is 18.1 Å². The van der Waals surface area contributed by atoms with Gasteiger partial charge in [0.1, 0.15) is 11.4 Å². The van der Waals surface area contributed by atoms with Gasteiger partial charge in [-0.25, -0.2) is 9.78 Å². The highest BCUT2D eigenvalue weighted by Crippen LogP contribution is 2.37. The van der Waals surface area contributed by atoms with Crippen LogP contribution in [-0.2, 0) is 24.2 Å². The third-order valence-corrected chi connectivity index (χ3v) is 7.23. The maximum atomic E-state index is 13.5. The van der Waals surface area contributed by atoms with Gasteiger partial charge < -0.3 is 5.32 Å². The molecule has 8 nitrogen and oxygen atoms in total. The van der Waals surface area contributed by atoms with E-state index in [1.165, 1.54) is 19.5 Å². The van der Waals surface area contributed by atoms with Gasteiger partial charge in [0, 0.05) is 28.5 Å². The number of rotatable bonds is 4. The molecule has 0 saturated carbocycles. The first-order valence-electron chi connectivity index (χ1n) is 10.9. The molecule has 33 heavy (non-hydrogen) atoms. The van der Waals surface area contributed by atoms with E-state index in [9.17, 15) is 9.59 Å². The van der Waals surface area contributed by atoms with Gasteiger partial charge >= 0.3 is 5.69 Å². The summed E-state index contributed by atoms with van der Waals surface area (Å²) in [6.07, 6.45) is 7.51. The molecule has 164 valence electrons. The first-order valence-corrected chi connectivity index (χ1v) is 11.7. The Bertz CT molecular complexity index is 1550. The van der Waals surface area contributed by atoms with Gasteiger partial charge in [-0.1, -0.05) is 18.2 Å². The van der Waals surface area contributed by atoms with Crippen molar-refractivity contribution in [3.63, 3.8) is 0 Å². The smallest absolute Gasteiger partial charge is 0.325 e. The minimum absolute atomic E-state index is 0.0956. The molecule has 5 aromatic rings. The molecule has 1 amide bonds. The van der Waals surface area contributed by atoms with Gasteiger partial charge in [0.25, 0.3) is 0 Å². The molecule has 1 aliphatic carbocycles. The monoisotopic (exact) mass is 456 g/mol. The largest absolute Gasteiger partial charge is 0.352 e. The summed E-state index contributed by atoms with van der Waals surface area (Å²) in [6.45, 7) is -0.0956. The average Bonchev–Trinajstić information content (AvgIpc) is 3.45. The second kappa shape index (κ2) is 7.93. The number of aromatic nitrogens is 5. The summed E-state index contributed by atoms with van der Waals surface area (Å²) in [4.78, 5) is 37.3. The summed E-state index contributed by atoms with van der Waals surface area (Å²) in [7, 11) is 0. The molecule has 0 unspecified atom stereocenters. The van der Waals surface area contributed by atoms with E-state index in [1.807, 2.05) is 42.5 Å². The average molecular weight is 457 g/mol. The highest BCUT2D eigenvalue weighted by Gasteiger charge is 2.25. The van der Waals surface area contributed by atoms with E-state index in [2.05, 4.69) is 15.4 Å². The number of amides is 1. The lowest BCUT2D eigenvalue weighted by Crippen LogP contribution is -2.32. The van der Waals surface area contributed by atoms with Gasteiger partial charge in [-0.15, -0.1) is 16.4 Å². The van der Waals surface area contributed by atoms with Crippen LogP contribution in [0, 0.1) is 0 Å². The van der Waals surface area contributed by atoms with Crippen molar-refractivity contribution in [1.82, 2.24) is 24.1 Å². The number of carbonyl (C=O) groups is 1. The second-order valence-electron chi connectivity index (χ2n) is 8.09. The first kappa shape index (κ1) is 19.8. The van der Waals surface area contributed by atoms with Crippen LogP contribution < -0.4 is 11.0 Å². The van der Waals surface area contributed by atoms with Gasteiger partial charge in [-0.3, -0.25) is 14.3 Å². The molecule has 4 heterocycles. The number of pyridine rings is 1. The van der Waals surface area contributed by atoms with E-state index in [1.54, 1.807) is 23.7 Å². The Morgan fingerprint density at radius 3 is 2.76 bits per heavy atom. The molecule has 0 radical (unpaired) electrons. The Morgan fingerprint density at radius 2 is 1.94 bits per heavy atom. The summed E-state index contributed by atoms with van der Waals surface area (Å²) in [5, 5.41) is 8.33. The minimum atomic E-state index is -0.373. The predicted molar refractivity (Wildman–Crippen MR) is 128 cm³/mol. The molecule has 0 saturated heterocycles. The molecule has 1 aliphatic rings. The first-order chi connectivity index (χ1) is 16.2. The number of benzene rings is 1. The zero-order chi connectivity index (χ0) is 22.4.